The van der Waals surface area contributed by atoms with E-state index in [9.17, 15) is 0 Å². The number of rotatable bonds is 6. The summed E-state index contributed by atoms with van der Waals surface area (Å²) in [6.07, 6.45) is 0. The molecule has 0 spiro atoms. The smallest absolute Gasteiger partial charge is 0.119 e. The average molecular weight is 252 g/mol. The molecule has 0 saturated carbocycles. The summed E-state index contributed by atoms with van der Waals surface area (Å²) in [5.41, 5.74) is 3.67. The van der Waals surface area contributed by atoms with Crippen LogP contribution in [-0.2, 0) is 4.74 Å². The van der Waals surface area contributed by atoms with Crippen molar-refractivity contribution in [2.24, 2.45) is 5.84 Å². The maximum atomic E-state index is 5.75. The molecule has 1 aromatic carbocycles. The van der Waals surface area contributed by atoms with Crippen LogP contribution in [0.3, 0.4) is 0 Å². The largest absolute Gasteiger partial charge is 0.494 e. The van der Waals surface area contributed by atoms with E-state index in [0.717, 1.165) is 11.3 Å². The van der Waals surface area contributed by atoms with Crippen molar-refractivity contribution in [3.63, 3.8) is 0 Å². The SMILES string of the molecule is CCOc1cccc(C(COC(C)(C)C)NN)c1. The Morgan fingerprint density at radius 1 is 1.33 bits per heavy atom. The maximum Gasteiger partial charge on any atom is 0.119 e. The predicted molar refractivity (Wildman–Crippen MR) is 73.4 cm³/mol. The van der Waals surface area contributed by atoms with Gasteiger partial charge in [-0.1, -0.05) is 12.1 Å². The van der Waals surface area contributed by atoms with Crippen LogP contribution >= 0.6 is 0 Å². The van der Waals surface area contributed by atoms with Crippen LogP contribution in [-0.4, -0.2) is 18.8 Å². The van der Waals surface area contributed by atoms with Gasteiger partial charge in [0.25, 0.3) is 0 Å². The van der Waals surface area contributed by atoms with Crippen molar-refractivity contribution in [2.75, 3.05) is 13.2 Å². The summed E-state index contributed by atoms with van der Waals surface area (Å²) >= 11 is 0. The zero-order valence-corrected chi connectivity index (χ0v) is 11.7. The second-order valence-electron chi connectivity index (χ2n) is 5.15. The third kappa shape index (κ3) is 5.04. The Labute approximate surface area is 109 Å². The molecule has 0 aromatic heterocycles. The third-order valence-corrected chi connectivity index (χ3v) is 2.46. The predicted octanol–water partition coefficient (Wildman–Crippen LogP) is 2.40. The normalized spacial score (nSPS) is 13.4. The van der Waals surface area contributed by atoms with E-state index < -0.39 is 0 Å². The van der Waals surface area contributed by atoms with Gasteiger partial charge in [0.05, 0.1) is 24.9 Å². The lowest BCUT2D eigenvalue weighted by atomic mass is 10.1. The van der Waals surface area contributed by atoms with Crippen LogP contribution in [0, 0.1) is 0 Å². The molecule has 4 heteroatoms. The van der Waals surface area contributed by atoms with Crippen LogP contribution in [0.25, 0.3) is 0 Å². The Kier molecular flexibility index (Phi) is 5.59. The van der Waals surface area contributed by atoms with Gasteiger partial charge < -0.3 is 9.47 Å². The molecule has 0 fully saturated rings. The summed E-state index contributed by atoms with van der Waals surface area (Å²) in [7, 11) is 0. The molecule has 1 unspecified atom stereocenters. The van der Waals surface area contributed by atoms with Gasteiger partial charge in [-0.05, 0) is 45.4 Å². The van der Waals surface area contributed by atoms with Gasteiger partial charge in [-0.25, -0.2) is 0 Å². The minimum absolute atomic E-state index is 0.0374. The number of nitrogens with two attached hydrogens (primary N) is 1. The number of nitrogens with one attached hydrogen (secondary N) is 1. The lowest BCUT2D eigenvalue weighted by molar-refractivity contribution is -0.0148. The van der Waals surface area contributed by atoms with Gasteiger partial charge in [0.1, 0.15) is 5.75 Å². The van der Waals surface area contributed by atoms with Crippen molar-refractivity contribution in [1.29, 1.82) is 0 Å². The zero-order chi connectivity index (χ0) is 13.6. The minimum Gasteiger partial charge on any atom is -0.494 e. The third-order valence-electron chi connectivity index (χ3n) is 2.46. The summed E-state index contributed by atoms with van der Waals surface area (Å²) < 4.78 is 11.2. The van der Waals surface area contributed by atoms with Crippen molar-refractivity contribution in [3.05, 3.63) is 29.8 Å². The molecule has 1 atom stereocenters. The number of hydrogen-bond donors (Lipinski definition) is 2. The first-order valence-electron chi connectivity index (χ1n) is 6.29. The van der Waals surface area contributed by atoms with Gasteiger partial charge in [0, 0.05) is 0 Å². The molecule has 3 N–H and O–H groups in total. The summed E-state index contributed by atoms with van der Waals surface area (Å²) in [6, 6.07) is 7.86. The van der Waals surface area contributed by atoms with Crippen LogP contribution < -0.4 is 16.0 Å². The highest BCUT2D eigenvalue weighted by Gasteiger charge is 2.16. The first kappa shape index (κ1) is 15.0. The van der Waals surface area contributed by atoms with E-state index in [1.54, 1.807) is 0 Å². The number of benzene rings is 1. The van der Waals surface area contributed by atoms with E-state index in [2.05, 4.69) is 5.43 Å². The molecule has 0 amide bonds. The van der Waals surface area contributed by atoms with E-state index in [1.807, 2.05) is 52.0 Å². The van der Waals surface area contributed by atoms with Crippen LogP contribution in [0.15, 0.2) is 24.3 Å². The fourth-order valence-corrected chi connectivity index (χ4v) is 1.56. The Bertz CT molecular complexity index is 361. The molecule has 0 bridgehead atoms. The van der Waals surface area contributed by atoms with Crippen LogP contribution in [0.2, 0.25) is 0 Å². The van der Waals surface area contributed by atoms with Crippen LogP contribution in [0.5, 0.6) is 5.75 Å². The number of ether oxygens (including phenoxy) is 2. The van der Waals surface area contributed by atoms with Gasteiger partial charge in [0.2, 0.25) is 0 Å². The van der Waals surface area contributed by atoms with Gasteiger partial charge in [-0.2, -0.15) is 0 Å². The van der Waals surface area contributed by atoms with Crippen molar-refractivity contribution >= 4 is 0 Å². The number of hydrazine groups is 1. The van der Waals surface area contributed by atoms with Gasteiger partial charge in [-0.15, -0.1) is 0 Å². The molecule has 0 aliphatic carbocycles. The first-order chi connectivity index (χ1) is 8.46. The summed E-state index contributed by atoms with van der Waals surface area (Å²) in [5, 5.41) is 0. The molecule has 102 valence electrons. The number of hydrogen-bond acceptors (Lipinski definition) is 4. The Morgan fingerprint density at radius 2 is 2.06 bits per heavy atom. The molecule has 0 aliphatic heterocycles. The summed E-state index contributed by atoms with van der Waals surface area (Å²) in [4.78, 5) is 0. The highest BCUT2D eigenvalue weighted by molar-refractivity contribution is 5.30. The van der Waals surface area contributed by atoms with Gasteiger partial charge in [-0.3, -0.25) is 11.3 Å². The second-order valence-corrected chi connectivity index (χ2v) is 5.15. The first-order valence-corrected chi connectivity index (χ1v) is 6.29. The molecule has 0 saturated heterocycles. The molecule has 1 aromatic rings. The summed E-state index contributed by atoms with van der Waals surface area (Å²) in [5.74, 6) is 6.44. The monoisotopic (exact) mass is 252 g/mol. The average Bonchev–Trinajstić information content (AvgIpc) is 2.29. The molecular formula is C14H24N2O2. The zero-order valence-electron chi connectivity index (χ0n) is 11.7. The molecule has 18 heavy (non-hydrogen) atoms. The minimum atomic E-state index is -0.174. The van der Waals surface area contributed by atoms with E-state index in [0.29, 0.717) is 13.2 Å². The molecule has 0 heterocycles. The topological polar surface area (TPSA) is 56.5 Å². The highest BCUT2D eigenvalue weighted by Crippen LogP contribution is 2.21. The van der Waals surface area contributed by atoms with Crippen molar-refractivity contribution in [2.45, 2.75) is 39.3 Å². The maximum absolute atomic E-state index is 5.75. The lowest BCUT2D eigenvalue weighted by Gasteiger charge is -2.24. The van der Waals surface area contributed by atoms with Crippen molar-refractivity contribution in [1.82, 2.24) is 5.43 Å². The van der Waals surface area contributed by atoms with E-state index in [4.69, 9.17) is 15.3 Å². The van der Waals surface area contributed by atoms with Crippen LogP contribution in [0.1, 0.15) is 39.3 Å². The van der Waals surface area contributed by atoms with Gasteiger partial charge >= 0.3 is 0 Å². The van der Waals surface area contributed by atoms with Crippen molar-refractivity contribution < 1.29 is 9.47 Å². The Balaban J connectivity index is 2.72. The lowest BCUT2D eigenvalue weighted by Crippen LogP contribution is -2.34. The van der Waals surface area contributed by atoms with Crippen molar-refractivity contribution in [3.8, 4) is 5.75 Å². The second kappa shape index (κ2) is 6.73. The van der Waals surface area contributed by atoms with E-state index in [1.165, 1.54) is 0 Å². The summed E-state index contributed by atoms with van der Waals surface area (Å²) in [6.45, 7) is 9.22. The molecular weight excluding hydrogens is 228 g/mol. The van der Waals surface area contributed by atoms with E-state index >= 15 is 0 Å². The molecule has 4 nitrogen and oxygen atoms in total. The van der Waals surface area contributed by atoms with Crippen LogP contribution in [0.4, 0.5) is 0 Å². The highest BCUT2D eigenvalue weighted by atomic mass is 16.5. The molecule has 1 rings (SSSR count). The fourth-order valence-electron chi connectivity index (χ4n) is 1.56. The Hall–Kier alpha value is -1.10. The molecule has 0 aliphatic rings. The quantitative estimate of drug-likeness (QED) is 0.603. The fraction of sp³-hybridized carbons (Fsp3) is 0.571. The van der Waals surface area contributed by atoms with E-state index in [-0.39, 0.29) is 11.6 Å². The van der Waals surface area contributed by atoms with Gasteiger partial charge in [0.15, 0.2) is 0 Å². The Morgan fingerprint density at radius 3 is 2.61 bits per heavy atom. The molecule has 0 radical (unpaired) electrons. The standard InChI is InChI=1S/C14H24N2O2/c1-5-17-12-8-6-7-11(9-12)13(16-15)10-18-14(2,3)4/h6-9,13,16H,5,10,15H2,1-4H3.